The predicted molar refractivity (Wildman–Crippen MR) is 99.2 cm³/mol. The number of rotatable bonds is 2. The van der Waals surface area contributed by atoms with Crippen LogP contribution in [0.3, 0.4) is 0 Å². The lowest BCUT2D eigenvalue weighted by Gasteiger charge is -2.14. The van der Waals surface area contributed by atoms with Crippen LogP contribution in [-0.2, 0) is 11.8 Å². The standard InChI is InChI=1S/C18H19N5OS/c1-11-14(9-22(3)20-11)17-16-12(2)21-23(13-7-5-4-6-8-13)18(16)19-15(24)10-25-17/h4-9,17H,10H2,1-3H3,(H,19,24)/t17-/m1/s1. The van der Waals surface area contributed by atoms with Gasteiger partial charge in [0.1, 0.15) is 5.82 Å². The van der Waals surface area contributed by atoms with E-state index in [-0.39, 0.29) is 11.2 Å². The maximum Gasteiger partial charge on any atom is 0.235 e. The highest BCUT2D eigenvalue weighted by molar-refractivity contribution is 8.00. The molecule has 128 valence electrons. The quantitative estimate of drug-likeness (QED) is 0.769. The molecular formula is C18H19N5OS. The number of aryl methyl sites for hydroxylation is 3. The van der Waals surface area contributed by atoms with Crippen molar-refractivity contribution in [1.82, 2.24) is 19.6 Å². The van der Waals surface area contributed by atoms with Crippen LogP contribution in [0.4, 0.5) is 5.82 Å². The van der Waals surface area contributed by atoms with E-state index in [2.05, 4.69) is 10.4 Å². The lowest BCUT2D eigenvalue weighted by atomic mass is 10.1. The Morgan fingerprint density at radius 3 is 2.60 bits per heavy atom. The summed E-state index contributed by atoms with van der Waals surface area (Å²) in [5, 5.41) is 12.3. The molecular weight excluding hydrogens is 334 g/mol. The highest BCUT2D eigenvalue weighted by atomic mass is 32.2. The van der Waals surface area contributed by atoms with Crippen LogP contribution in [0.15, 0.2) is 36.5 Å². The molecule has 0 radical (unpaired) electrons. The normalized spacial score (nSPS) is 17.1. The zero-order chi connectivity index (χ0) is 17.6. The molecule has 25 heavy (non-hydrogen) atoms. The topological polar surface area (TPSA) is 64.7 Å². The molecule has 0 spiro atoms. The van der Waals surface area contributed by atoms with E-state index in [4.69, 9.17) is 5.10 Å². The van der Waals surface area contributed by atoms with Crippen LogP contribution in [-0.4, -0.2) is 31.2 Å². The Morgan fingerprint density at radius 1 is 1.16 bits per heavy atom. The van der Waals surface area contributed by atoms with Crippen molar-refractivity contribution in [2.45, 2.75) is 19.1 Å². The molecule has 0 bridgehead atoms. The fourth-order valence-corrected chi connectivity index (χ4v) is 4.51. The van der Waals surface area contributed by atoms with E-state index >= 15 is 0 Å². The van der Waals surface area contributed by atoms with Gasteiger partial charge >= 0.3 is 0 Å². The highest BCUT2D eigenvalue weighted by Gasteiger charge is 2.32. The highest BCUT2D eigenvalue weighted by Crippen LogP contribution is 2.44. The number of aromatic nitrogens is 4. The third-order valence-corrected chi connectivity index (χ3v) is 5.59. The Balaban J connectivity index is 1.92. The smallest absolute Gasteiger partial charge is 0.235 e. The van der Waals surface area contributed by atoms with E-state index in [1.165, 1.54) is 0 Å². The number of carbonyl (C=O) groups excluding carboxylic acids is 1. The molecule has 7 heteroatoms. The molecule has 1 amide bonds. The fourth-order valence-electron chi connectivity index (χ4n) is 3.26. The van der Waals surface area contributed by atoms with E-state index in [1.807, 2.05) is 66.8 Å². The Hall–Kier alpha value is -2.54. The van der Waals surface area contributed by atoms with Crippen LogP contribution in [0, 0.1) is 13.8 Å². The number of hydrogen-bond donors (Lipinski definition) is 1. The molecule has 2 aromatic heterocycles. The summed E-state index contributed by atoms with van der Waals surface area (Å²) < 4.78 is 3.65. The number of anilines is 1. The minimum Gasteiger partial charge on any atom is -0.310 e. The van der Waals surface area contributed by atoms with Gasteiger partial charge in [-0.2, -0.15) is 10.2 Å². The maximum atomic E-state index is 12.3. The van der Waals surface area contributed by atoms with Gasteiger partial charge in [-0.15, -0.1) is 11.8 Å². The summed E-state index contributed by atoms with van der Waals surface area (Å²) in [6.07, 6.45) is 2.03. The largest absolute Gasteiger partial charge is 0.310 e. The monoisotopic (exact) mass is 353 g/mol. The van der Waals surface area contributed by atoms with Crippen LogP contribution >= 0.6 is 11.8 Å². The summed E-state index contributed by atoms with van der Waals surface area (Å²) in [6, 6.07) is 9.88. The summed E-state index contributed by atoms with van der Waals surface area (Å²) in [5.74, 6) is 1.15. The number of nitrogens with one attached hydrogen (secondary N) is 1. The molecule has 0 unspecified atom stereocenters. The van der Waals surface area contributed by atoms with Gasteiger partial charge < -0.3 is 5.32 Å². The molecule has 3 heterocycles. The van der Waals surface area contributed by atoms with Crippen molar-refractivity contribution < 1.29 is 4.79 Å². The summed E-state index contributed by atoms with van der Waals surface area (Å²) in [4.78, 5) is 12.3. The van der Waals surface area contributed by atoms with Gasteiger partial charge in [-0.05, 0) is 26.0 Å². The number of amides is 1. The summed E-state index contributed by atoms with van der Waals surface area (Å²) in [6.45, 7) is 4.00. The van der Waals surface area contributed by atoms with Gasteiger partial charge in [-0.3, -0.25) is 9.48 Å². The second-order valence-electron chi connectivity index (χ2n) is 6.18. The Labute approximate surface area is 150 Å². The number of thioether (sulfide) groups is 1. The zero-order valence-corrected chi connectivity index (χ0v) is 15.2. The first-order chi connectivity index (χ1) is 12.0. The van der Waals surface area contributed by atoms with Crippen molar-refractivity contribution in [3.63, 3.8) is 0 Å². The van der Waals surface area contributed by atoms with Gasteiger partial charge in [-0.1, -0.05) is 18.2 Å². The number of fused-ring (bicyclic) bond motifs is 1. The van der Waals surface area contributed by atoms with E-state index < -0.39 is 0 Å². The van der Waals surface area contributed by atoms with E-state index in [0.717, 1.165) is 34.0 Å². The molecule has 0 saturated carbocycles. The van der Waals surface area contributed by atoms with Gasteiger partial charge in [-0.25, -0.2) is 4.68 Å². The molecule has 1 aliphatic rings. The maximum absolute atomic E-state index is 12.3. The minimum absolute atomic E-state index is 0.00706. The first-order valence-corrected chi connectivity index (χ1v) is 9.16. The predicted octanol–water partition coefficient (Wildman–Crippen LogP) is 3.00. The summed E-state index contributed by atoms with van der Waals surface area (Å²) >= 11 is 1.62. The third kappa shape index (κ3) is 2.74. The van der Waals surface area contributed by atoms with E-state index in [1.54, 1.807) is 11.8 Å². The molecule has 6 nitrogen and oxygen atoms in total. The second-order valence-corrected chi connectivity index (χ2v) is 7.27. The van der Waals surface area contributed by atoms with Crippen LogP contribution in [0.2, 0.25) is 0 Å². The second kappa shape index (κ2) is 6.07. The molecule has 4 rings (SSSR count). The Kier molecular flexibility index (Phi) is 3.88. The van der Waals surface area contributed by atoms with Crippen molar-refractivity contribution in [2.24, 2.45) is 7.05 Å². The number of para-hydroxylation sites is 1. The van der Waals surface area contributed by atoms with Gasteiger partial charge in [0.05, 0.1) is 28.1 Å². The molecule has 1 N–H and O–H groups in total. The number of hydrogen-bond acceptors (Lipinski definition) is 4. The zero-order valence-electron chi connectivity index (χ0n) is 14.4. The van der Waals surface area contributed by atoms with Crippen LogP contribution in [0.5, 0.6) is 0 Å². The van der Waals surface area contributed by atoms with Crippen LogP contribution < -0.4 is 5.32 Å². The van der Waals surface area contributed by atoms with E-state index in [9.17, 15) is 4.79 Å². The van der Waals surface area contributed by atoms with Crippen molar-refractivity contribution in [3.05, 3.63) is 59.0 Å². The molecule has 1 aromatic carbocycles. The van der Waals surface area contributed by atoms with Crippen molar-refractivity contribution >= 4 is 23.5 Å². The minimum atomic E-state index is -0.00706. The van der Waals surface area contributed by atoms with Crippen LogP contribution in [0.25, 0.3) is 5.69 Å². The fraction of sp³-hybridized carbons (Fsp3) is 0.278. The average molecular weight is 353 g/mol. The van der Waals surface area contributed by atoms with Crippen molar-refractivity contribution in [3.8, 4) is 5.69 Å². The number of benzene rings is 1. The van der Waals surface area contributed by atoms with Crippen molar-refractivity contribution in [1.29, 1.82) is 0 Å². The van der Waals surface area contributed by atoms with Gasteiger partial charge in [0, 0.05) is 24.4 Å². The van der Waals surface area contributed by atoms with Crippen LogP contribution in [0.1, 0.15) is 27.8 Å². The third-order valence-electron chi connectivity index (χ3n) is 4.34. The SMILES string of the molecule is Cc1nn(C)cc1[C@H]1SCC(=O)Nc2c1c(C)nn2-c1ccccc1. The Bertz CT molecular complexity index is 944. The van der Waals surface area contributed by atoms with E-state index in [0.29, 0.717) is 5.75 Å². The Morgan fingerprint density at radius 2 is 1.92 bits per heavy atom. The lowest BCUT2D eigenvalue weighted by molar-refractivity contribution is -0.113. The first-order valence-electron chi connectivity index (χ1n) is 8.11. The summed E-state index contributed by atoms with van der Waals surface area (Å²) in [5.41, 5.74) is 5.01. The molecule has 0 aliphatic carbocycles. The molecule has 3 aromatic rings. The number of nitrogens with zero attached hydrogens (tertiary/aromatic N) is 4. The number of carbonyl (C=O) groups is 1. The summed E-state index contributed by atoms with van der Waals surface area (Å²) in [7, 11) is 1.92. The first kappa shape index (κ1) is 16.0. The molecule has 1 aliphatic heterocycles. The lowest BCUT2D eigenvalue weighted by Crippen LogP contribution is -2.15. The van der Waals surface area contributed by atoms with Gasteiger partial charge in [0.2, 0.25) is 5.91 Å². The van der Waals surface area contributed by atoms with Crippen molar-refractivity contribution in [2.75, 3.05) is 11.1 Å². The molecule has 0 saturated heterocycles. The molecule has 1 atom stereocenters. The van der Waals surface area contributed by atoms with Gasteiger partial charge in [0.15, 0.2) is 0 Å². The average Bonchev–Trinajstić information content (AvgIpc) is 3.02. The molecule has 0 fully saturated rings. The van der Waals surface area contributed by atoms with Gasteiger partial charge in [0.25, 0.3) is 0 Å².